The summed E-state index contributed by atoms with van der Waals surface area (Å²) in [4.78, 5) is 0. The van der Waals surface area contributed by atoms with E-state index in [0.29, 0.717) is 0 Å². The Labute approximate surface area is 291 Å². The third kappa shape index (κ3) is 13.9. The molecule has 0 spiro atoms. The quantitative estimate of drug-likeness (QED) is 0.0627. The summed E-state index contributed by atoms with van der Waals surface area (Å²) in [5, 5.41) is 4.70. The molecule has 4 heteroatoms. The van der Waals surface area contributed by atoms with Crippen LogP contribution in [0.3, 0.4) is 0 Å². The van der Waals surface area contributed by atoms with Crippen LogP contribution < -0.4 is 9.47 Å². The molecular weight excluding hydrogens is 601 g/mol. The van der Waals surface area contributed by atoms with Gasteiger partial charge in [-0.15, -0.1) is 0 Å². The maximum Gasteiger partial charge on any atom is 0.135 e. The van der Waals surface area contributed by atoms with E-state index in [-0.39, 0.29) is 5.41 Å². The Bertz CT molecular complexity index is 1230. The van der Waals surface area contributed by atoms with Crippen molar-refractivity contribution in [2.45, 2.75) is 143 Å². The molecule has 0 fully saturated rings. The van der Waals surface area contributed by atoms with E-state index < -0.39 is 0 Å². The summed E-state index contributed by atoms with van der Waals surface area (Å²) >= 11 is 4.24. The number of unbranched alkanes of at least 4 members (excludes halogenated alkanes) is 12. The average Bonchev–Trinajstić information content (AvgIpc) is 3.05. The topological polar surface area (TPSA) is 18.5 Å². The third-order valence-electron chi connectivity index (χ3n) is 8.93. The highest BCUT2D eigenvalue weighted by molar-refractivity contribution is 7.99. The number of fused-ring (bicyclic) bond motifs is 2. The van der Waals surface area contributed by atoms with Crippen LogP contribution in [-0.2, 0) is 5.41 Å². The first-order valence-electron chi connectivity index (χ1n) is 18.9. The predicted octanol–water partition coefficient (Wildman–Crippen LogP) is 13.8. The largest absolute Gasteiger partial charge is 0.492 e. The zero-order valence-corrected chi connectivity index (χ0v) is 31.9. The Morgan fingerprint density at radius 3 is 1.37 bits per heavy atom. The minimum absolute atomic E-state index is 0.0680. The average molecular weight is 667 g/mol. The number of benzene rings is 3. The molecule has 0 aliphatic rings. The van der Waals surface area contributed by atoms with Gasteiger partial charge in [0.2, 0.25) is 0 Å². The van der Waals surface area contributed by atoms with Crippen molar-refractivity contribution in [3.8, 4) is 11.5 Å². The van der Waals surface area contributed by atoms with Crippen molar-refractivity contribution < 1.29 is 9.47 Å². The molecule has 3 aromatic rings. The fourth-order valence-electron chi connectivity index (χ4n) is 6.01. The second-order valence-electron chi connectivity index (χ2n) is 14.1. The zero-order chi connectivity index (χ0) is 32.9. The molecule has 3 aromatic carbocycles. The molecule has 0 heterocycles. The van der Waals surface area contributed by atoms with Gasteiger partial charge in [-0.2, -0.15) is 23.5 Å². The van der Waals surface area contributed by atoms with Crippen LogP contribution in [0.2, 0.25) is 0 Å². The van der Waals surface area contributed by atoms with Crippen LogP contribution in [0.1, 0.15) is 143 Å². The molecule has 258 valence electrons. The van der Waals surface area contributed by atoms with Crippen LogP contribution in [0.15, 0.2) is 42.5 Å². The summed E-state index contributed by atoms with van der Waals surface area (Å²) in [5.74, 6) is 7.12. The van der Waals surface area contributed by atoms with Gasteiger partial charge in [-0.05, 0) is 78.6 Å². The first kappa shape index (κ1) is 38.9. The SMILES string of the molecule is CCCCCCCCSCCCCOc1c2ccccc2c(OCCCCSCCCCCCCC)c2cc(C(C)(C)C)ccc12. The molecule has 0 bridgehead atoms. The van der Waals surface area contributed by atoms with Crippen molar-refractivity contribution in [2.24, 2.45) is 0 Å². The lowest BCUT2D eigenvalue weighted by molar-refractivity contribution is 0.312. The standard InChI is InChI=1S/C42H66O2S2/c1-6-8-10-12-14-20-30-45-32-22-18-28-43-40-36-24-16-17-25-37(36)41(39-34-35(42(3,4)5)26-27-38(39)40)44-29-19-23-33-46-31-21-15-13-11-9-7-2/h16-17,24-27,34H,6-15,18-23,28-33H2,1-5H3. The van der Waals surface area contributed by atoms with Gasteiger partial charge in [0, 0.05) is 21.5 Å². The van der Waals surface area contributed by atoms with Crippen molar-refractivity contribution in [3.63, 3.8) is 0 Å². The molecule has 3 rings (SSSR count). The molecule has 0 aliphatic carbocycles. The Morgan fingerprint density at radius 1 is 0.478 bits per heavy atom. The maximum atomic E-state index is 6.69. The summed E-state index contributed by atoms with van der Waals surface area (Å²) in [6.07, 6.45) is 21.2. The van der Waals surface area contributed by atoms with E-state index in [1.165, 1.54) is 140 Å². The maximum absolute atomic E-state index is 6.69. The van der Waals surface area contributed by atoms with Gasteiger partial charge < -0.3 is 9.47 Å². The molecule has 46 heavy (non-hydrogen) atoms. The van der Waals surface area contributed by atoms with Gasteiger partial charge in [0.15, 0.2) is 0 Å². The molecule has 0 N–H and O–H groups in total. The van der Waals surface area contributed by atoms with Gasteiger partial charge in [0.1, 0.15) is 11.5 Å². The fraction of sp³-hybridized carbons (Fsp3) is 0.667. The smallest absolute Gasteiger partial charge is 0.135 e. The number of hydrogen-bond acceptors (Lipinski definition) is 4. The van der Waals surface area contributed by atoms with Crippen molar-refractivity contribution in [2.75, 3.05) is 36.2 Å². The molecule has 0 unspecified atom stereocenters. The van der Waals surface area contributed by atoms with Crippen LogP contribution >= 0.6 is 23.5 Å². The molecule has 0 aromatic heterocycles. The van der Waals surface area contributed by atoms with Crippen molar-refractivity contribution in [3.05, 3.63) is 48.0 Å². The van der Waals surface area contributed by atoms with E-state index in [1.54, 1.807) is 0 Å². The second-order valence-corrected chi connectivity index (χ2v) is 16.5. The fourth-order valence-corrected chi connectivity index (χ4v) is 8.05. The first-order chi connectivity index (χ1) is 22.5. The minimum Gasteiger partial charge on any atom is -0.492 e. The van der Waals surface area contributed by atoms with Crippen LogP contribution in [0.25, 0.3) is 21.5 Å². The number of hydrogen-bond donors (Lipinski definition) is 0. The number of thioether (sulfide) groups is 2. The van der Waals surface area contributed by atoms with Crippen molar-refractivity contribution in [1.82, 2.24) is 0 Å². The van der Waals surface area contributed by atoms with E-state index in [2.05, 4.69) is 101 Å². The van der Waals surface area contributed by atoms with Crippen LogP contribution in [0.5, 0.6) is 11.5 Å². The molecule has 0 radical (unpaired) electrons. The van der Waals surface area contributed by atoms with Gasteiger partial charge in [0.25, 0.3) is 0 Å². The van der Waals surface area contributed by atoms with Gasteiger partial charge in [-0.3, -0.25) is 0 Å². The number of rotatable bonds is 26. The Hall–Kier alpha value is -1.52. The predicted molar refractivity (Wildman–Crippen MR) is 211 cm³/mol. The van der Waals surface area contributed by atoms with Gasteiger partial charge in [-0.1, -0.05) is 135 Å². The van der Waals surface area contributed by atoms with E-state index in [4.69, 9.17) is 9.47 Å². The Morgan fingerprint density at radius 2 is 0.891 bits per heavy atom. The zero-order valence-electron chi connectivity index (χ0n) is 30.2. The molecule has 0 saturated heterocycles. The summed E-state index contributed by atoms with van der Waals surface area (Å²) in [6, 6.07) is 15.6. The lowest BCUT2D eigenvalue weighted by atomic mass is 9.85. The van der Waals surface area contributed by atoms with E-state index >= 15 is 0 Å². The summed E-state index contributed by atoms with van der Waals surface area (Å²) < 4.78 is 13.3. The van der Waals surface area contributed by atoms with Crippen molar-refractivity contribution >= 4 is 45.1 Å². The van der Waals surface area contributed by atoms with Crippen LogP contribution in [-0.4, -0.2) is 36.2 Å². The summed E-state index contributed by atoms with van der Waals surface area (Å²) in [7, 11) is 0. The van der Waals surface area contributed by atoms with E-state index in [1.807, 2.05) is 0 Å². The van der Waals surface area contributed by atoms with Gasteiger partial charge >= 0.3 is 0 Å². The first-order valence-corrected chi connectivity index (χ1v) is 21.2. The normalized spacial score (nSPS) is 11.9. The molecule has 2 nitrogen and oxygen atoms in total. The monoisotopic (exact) mass is 666 g/mol. The Balaban J connectivity index is 1.57. The molecule has 0 amide bonds. The van der Waals surface area contributed by atoms with Crippen molar-refractivity contribution in [1.29, 1.82) is 0 Å². The lowest BCUT2D eigenvalue weighted by Gasteiger charge is -2.22. The summed E-state index contributed by atoms with van der Waals surface area (Å²) in [5.41, 5.74) is 1.40. The molecule has 0 atom stereocenters. The summed E-state index contributed by atoms with van der Waals surface area (Å²) in [6.45, 7) is 13.0. The van der Waals surface area contributed by atoms with Crippen LogP contribution in [0, 0.1) is 0 Å². The molecular formula is C42H66O2S2. The highest BCUT2D eigenvalue weighted by Crippen LogP contribution is 2.44. The van der Waals surface area contributed by atoms with Crippen LogP contribution in [0.4, 0.5) is 0 Å². The highest BCUT2D eigenvalue weighted by atomic mass is 32.2. The van der Waals surface area contributed by atoms with E-state index in [0.717, 1.165) is 37.6 Å². The Kier molecular flexibility index (Phi) is 19.4. The second kappa shape index (κ2) is 22.9. The number of ether oxygens (including phenoxy) is 2. The minimum atomic E-state index is 0.0680. The van der Waals surface area contributed by atoms with Gasteiger partial charge in [-0.25, -0.2) is 0 Å². The highest BCUT2D eigenvalue weighted by Gasteiger charge is 2.20. The third-order valence-corrected chi connectivity index (χ3v) is 11.2. The molecule has 0 saturated carbocycles. The van der Waals surface area contributed by atoms with Gasteiger partial charge in [0.05, 0.1) is 13.2 Å². The lowest BCUT2D eigenvalue weighted by Crippen LogP contribution is -2.11. The van der Waals surface area contributed by atoms with E-state index in [9.17, 15) is 0 Å². The molecule has 0 aliphatic heterocycles.